The van der Waals surface area contributed by atoms with Gasteiger partial charge in [-0.25, -0.2) is 0 Å². The summed E-state index contributed by atoms with van der Waals surface area (Å²) in [5, 5.41) is 5.22. The van der Waals surface area contributed by atoms with E-state index < -0.39 is 0 Å². The number of hydrogen-bond acceptors (Lipinski definition) is 1. The third kappa shape index (κ3) is 3.60. The van der Waals surface area contributed by atoms with Gasteiger partial charge in [0.05, 0.1) is 0 Å². The van der Waals surface area contributed by atoms with Gasteiger partial charge in [-0.1, -0.05) is 48.8 Å². The summed E-state index contributed by atoms with van der Waals surface area (Å²) in [7, 11) is 0. The number of fused-ring (bicyclic) bond motifs is 1. The standard InChI is InChI=1S/C17H20BrNO/c1-11(2)12(3)10-19-17(20)15-5-4-14-9-16(18)7-6-13(14)8-15/h4-9,11-12H,10H2,1-3H3,(H,19,20). The van der Waals surface area contributed by atoms with Gasteiger partial charge in [0.15, 0.2) is 0 Å². The first kappa shape index (κ1) is 15.0. The molecule has 1 unspecified atom stereocenters. The molecule has 0 heterocycles. The van der Waals surface area contributed by atoms with Crippen LogP contribution in [0, 0.1) is 11.8 Å². The number of benzene rings is 2. The van der Waals surface area contributed by atoms with Crippen LogP contribution in [-0.2, 0) is 0 Å². The minimum Gasteiger partial charge on any atom is -0.352 e. The normalized spacial score (nSPS) is 12.7. The van der Waals surface area contributed by atoms with E-state index in [1.54, 1.807) is 0 Å². The smallest absolute Gasteiger partial charge is 0.251 e. The highest BCUT2D eigenvalue weighted by atomic mass is 79.9. The number of carbonyl (C=O) groups is 1. The molecule has 1 amide bonds. The van der Waals surface area contributed by atoms with Gasteiger partial charge >= 0.3 is 0 Å². The molecule has 0 fully saturated rings. The first-order valence-corrected chi connectivity index (χ1v) is 7.74. The molecule has 2 aromatic rings. The van der Waals surface area contributed by atoms with Gasteiger partial charge in [-0.2, -0.15) is 0 Å². The average molecular weight is 334 g/mol. The molecule has 1 N–H and O–H groups in total. The average Bonchev–Trinajstić information content (AvgIpc) is 2.43. The molecule has 2 rings (SSSR count). The highest BCUT2D eigenvalue weighted by molar-refractivity contribution is 9.10. The highest BCUT2D eigenvalue weighted by Gasteiger charge is 2.10. The van der Waals surface area contributed by atoms with Gasteiger partial charge in [0.25, 0.3) is 5.91 Å². The molecule has 0 radical (unpaired) electrons. The third-order valence-electron chi connectivity index (χ3n) is 3.79. The third-order valence-corrected chi connectivity index (χ3v) is 4.28. The van der Waals surface area contributed by atoms with Crippen molar-refractivity contribution in [1.29, 1.82) is 0 Å². The molecule has 0 bridgehead atoms. The van der Waals surface area contributed by atoms with Crippen LogP contribution in [0.5, 0.6) is 0 Å². The van der Waals surface area contributed by atoms with E-state index >= 15 is 0 Å². The van der Waals surface area contributed by atoms with Crippen molar-refractivity contribution in [2.24, 2.45) is 11.8 Å². The zero-order valence-corrected chi connectivity index (χ0v) is 13.7. The maximum Gasteiger partial charge on any atom is 0.251 e. The van der Waals surface area contributed by atoms with E-state index in [0.29, 0.717) is 11.8 Å². The summed E-state index contributed by atoms with van der Waals surface area (Å²) < 4.78 is 1.05. The summed E-state index contributed by atoms with van der Waals surface area (Å²) in [6.45, 7) is 7.22. The van der Waals surface area contributed by atoms with E-state index in [1.165, 1.54) is 0 Å². The molecule has 0 spiro atoms. The van der Waals surface area contributed by atoms with Crippen LogP contribution in [0.25, 0.3) is 10.8 Å². The van der Waals surface area contributed by atoms with Crippen molar-refractivity contribution in [3.8, 4) is 0 Å². The topological polar surface area (TPSA) is 29.1 Å². The summed E-state index contributed by atoms with van der Waals surface area (Å²) in [6, 6.07) is 11.9. The molecule has 1 atom stereocenters. The monoisotopic (exact) mass is 333 g/mol. The predicted octanol–water partition coefficient (Wildman–Crippen LogP) is 4.62. The molecule has 0 saturated carbocycles. The fourth-order valence-electron chi connectivity index (χ4n) is 1.95. The van der Waals surface area contributed by atoms with E-state index in [2.05, 4.69) is 48.1 Å². The fraction of sp³-hybridized carbons (Fsp3) is 0.353. The van der Waals surface area contributed by atoms with Crippen LogP contribution < -0.4 is 5.32 Å². The van der Waals surface area contributed by atoms with Gasteiger partial charge in [-0.05, 0) is 46.9 Å². The SMILES string of the molecule is CC(C)C(C)CNC(=O)c1ccc2cc(Br)ccc2c1. The Morgan fingerprint density at radius 1 is 1.10 bits per heavy atom. The van der Waals surface area contributed by atoms with E-state index in [1.807, 2.05) is 30.3 Å². The number of rotatable bonds is 4. The Morgan fingerprint density at radius 3 is 2.45 bits per heavy atom. The summed E-state index contributed by atoms with van der Waals surface area (Å²) in [5.74, 6) is 1.06. The molecule has 0 aliphatic heterocycles. The highest BCUT2D eigenvalue weighted by Crippen LogP contribution is 2.21. The Labute approximate surface area is 128 Å². The molecule has 0 aromatic heterocycles. The van der Waals surface area contributed by atoms with Crippen LogP contribution in [-0.4, -0.2) is 12.5 Å². The lowest BCUT2D eigenvalue weighted by Gasteiger charge is -2.16. The molecule has 2 aromatic carbocycles. The predicted molar refractivity (Wildman–Crippen MR) is 88.0 cm³/mol. The summed E-state index contributed by atoms with van der Waals surface area (Å²) in [6.07, 6.45) is 0. The summed E-state index contributed by atoms with van der Waals surface area (Å²) in [5.41, 5.74) is 0.718. The Bertz CT molecular complexity index is 621. The molecular formula is C17H20BrNO. The molecule has 0 aliphatic carbocycles. The number of amides is 1. The maximum atomic E-state index is 12.2. The van der Waals surface area contributed by atoms with Crippen LogP contribution >= 0.6 is 15.9 Å². The molecule has 2 nitrogen and oxygen atoms in total. The lowest BCUT2D eigenvalue weighted by Crippen LogP contribution is -2.30. The first-order valence-electron chi connectivity index (χ1n) is 6.95. The number of nitrogens with one attached hydrogen (secondary N) is 1. The van der Waals surface area contributed by atoms with Gasteiger partial charge in [0, 0.05) is 16.6 Å². The molecule has 106 valence electrons. The second-order valence-corrected chi connectivity index (χ2v) is 6.55. The Kier molecular flexibility index (Phi) is 4.81. The molecule has 0 saturated heterocycles. The summed E-state index contributed by atoms with van der Waals surface area (Å²) >= 11 is 3.45. The van der Waals surface area contributed by atoms with E-state index in [9.17, 15) is 4.79 Å². The molecular weight excluding hydrogens is 314 g/mol. The quantitative estimate of drug-likeness (QED) is 0.868. The minimum absolute atomic E-state index is 0.00215. The van der Waals surface area contributed by atoms with Crippen molar-refractivity contribution in [2.75, 3.05) is 6.54 Å². The van der Waals surface area contributed by atoms with Crippen LogP contribution in [0.2, 0.25) is 0 Å². The molecule has 20 heavy (non-hydrogen) atoms. The maximum absolute atomic E-state index is 12.2. The van der Waals surface area contributed by atoms with Crippen molar-refractivity contribution < 1.29 is 4.79 Å². The minimum atomic E-state index is 0.00215. The Morgan fingerprint density at radius 2 is 1.75 bits per heavy atom. The van der Waals surface area contributed by atoms with Crippen LogP contribution in [0.3, 0.4) is 0 Å². The number of carbonyl (C=O) groups excluding carboxylic acids is 1. The Balaban J connectivity index is 2.12. The second kappa shape index (κ2) is 6.40. The number of hydrogen-bond donors (Lipinski definition) is 1. The lowest BCUT2D eigenvalue weighted by atomic mass is 9.98. The van der Waals surface area contributed by atoms with E-state index in [0.717, 1.165) is 27.4 Å². The largest absolute Gasteiger partial charge is 0.352 e. The van der Waals surface area contributed by atoms with Gasteiger partial charge in [-0.3, -0.25) is 4.79 Å². The Hall–Kier alpha value is -1.35. The second-order valence-electron chi connectivity index (χ2n) is 5.64. The zero-order chi connectivity index (χ0) is 14.7. The van der Waals surface area contributed by atoms with Gasteiger partial charge in [0.2, 0.25) is 0 Å². The van der Waals surface area contributed by atoms with E-state index in [4.69, 9.17) is 0 Å². The van der Waals surface area contributed by atoms with Gasteiger partial charge in [0.1, 0.15) is 0 Å². The lowest BCUT2D eigenvalue weighted by molar-refractivity contribution is 0.0945. The van der Waals surface area contributed by atoms with Crippen molar-refractivity contribution >= 4 is 32.6 Å². The van der Waals surface area contributed by atoms with Crippen molar-refractivity contribution in [3.63, 3.8) is 0 Å². The number of halogens is 1. The van der Waals surface area contributed by atoms with Crippen molar-refractivity contribution in [3.05, 3.63) is 46.4 Å². The van der Waals surface area contributed by atoms with Crippen molar-refractivity contribution in [1.82, 2.24) is 5.32 Å². The first-order chi connectivity index (χ1) is 9.47. The van der Waals surface area contributed by atoms with E-state index in [-0.39, 0.29) is 5.91 Å². The van der Waals surface area contributed by atoms with Crippen molar-refractivity contribution in [2.45, 2.75) is 20.8 Å². The van der Waals surface area contributed by atoms with Crippen LogP contribution in [0.15, 0.2) is 40.9 Å². The van der Waals surface area contributed by atoms with Gasteiger partial charge < -0.3 is 5.32 Å². The fourth-order valence-corrected chi connectivity index (χ4v) is 2.33. The molecule has 3 heteroatoms. The molecule has 0 aliphatic rings. The van der Waals surface area contributed by atoms with Crippen LogP contribution in [0.4, 0.5) is 0 Å². The van der Waals surface area contributed by atoms with Crippen LogP contribution in [0.1, 0.15) is 31.1 Å². The summed E-state index contributed by atoms with van der Waals surface area (Å²) in [4.78, 5) is 12.2. The zero-order valence-electron chi connectivity index (χ0n) is 12.1. The van der Waals surface area contributed by atoms with Gasteiger partial charge in [-0.15, -0.1) is 0 Å².